The van der Waals surface area contributed by atoms with Crippen LogP contribution in [-0.4, -0.2) is 60.7 Å². The molecule has 0 bridgehead atoms. The fourth-order valence-corrected chi connectivity index (χ4v) is 3.91. The second-order valence-electron chi connectivity index (χ2n) is 8.45. The third kappa shape index (κ3) is 4.77. The van der Waals surface area contributed by atoms with Crippen molar-refractivity contribution in [3.05, 3.63) is 65.2 Å². The Morgan fingerprint density at radius 3 is 2.45 bits per heavy atom. The first-order valence-electron chi connectivity index (χ1n) is 10.7. The molecule has 0 aromatic heterocycles. The Morgan fingerprint density at radius 2 is 1.77 bits per heavy atom. The van der Waals surface area contributed by atoms with E-state index in [0.29, 0.717) is 16.8 Å². The highest BCUT2D eigenvalue weighted by Crippen LogP contribution is 2.41. The van der Waals surface area contributed by atoms with Crippen molar-refractivity contribution in [3.63, 3.8) is 0 Å². The second kappa shape index (κ2) is 8.89. The lowest BCUT2D eigenvalue weighted by atomic mass is 10.0. The van der Waals surface area contributed by atoms with Gasteiger partial charge in [-0.1, -0.05) is 30.3 Å². The number of benzene rings is 2. The van der Waals surface area contributed by atoms with Gasteiger partial charge in [0.15, 0.2) is 0 Å². The first kappa shape index (κ1) is 21.1. The highest BCUT2D eigenvalue weighted by Gasteiger charge is 2.47. The lowest BCUT2D eigenvalue weighted by Gasteiger charge is -2.24. The zero-order valence-electron chi connectivity index (χ0n) is 17.9. The van der Waals surface area contributed by atoms with E-state index in [1.807, 2.05) is 50.5 Å². The Hall–Kier alpha value is -3.19. The first-order valence-corrected chi connectivity index (χ1v) is 10.7. The number of carbonyl (C=O) groups excluding carboxylic acids is 3. The Morgan fingerprint density at radius 1 is 1.06 bits per heavy atom. The van der Waals surface area contributed by atoms with E-state index in [1.54, 1.807) is 17.0 Å². The van der Waals surface area contributed by atoms with Gasteiger partial charge in [-0.25, -0.2) is 0 Å². The second-order valence-corrected chi connectivity index (χ2v) is 8.45. The number of likely N-dealkylation sites (N-methyl/N-ethyl adjacent to an activating group) is 1. The van der Waals surface area contributed by atoms with Gasteiger partial charge < -0.3 is 20.4 Å². The third-order valence-electron chi connectivity index (χ3n) is 5.70. The monoisotopic (exact) mass is 420 g/mol. The molecule has 2 aromatic carbocycles. The number of hydrogen-bond donors (Lipinski definition) is 2. The summed E-state index contributed by atoms with van der Waals surface area (Å²) in [5, 5.41) is 5.52. The van der Waals surface area contributed by atoms with Crippen LogP contribution < -0.4 is 10.6 Å². The van der Waals surface area contributed by atoms with Crippen LogP contribution in [0.15, 0.2) is 48.5 Å². The largest absolute Gasteiger partial charge is 0.345 e. The van der Waals surface area contributed by atoms with Crippen LogP contribution in [0.1, 0.15) is 40.4 Å². The molecule has 1 atom stereocenters. The average molecular weight is 421 g/mol. The van der Waals surface area contributed by atoms with Crippen molar-refractivity contribution in [1.82, 2.24) is 15.1 Å². The topological polar surface area (TPSA) is 81.8 Å². The number of carbonyl (C=O) groups is 3. The molecular formula is C24H28N4O3. The van der Waals surface area contributed by atoms with Crippen molar-refractivity contribution in [2.45, 2.75) is 31.3 Å². The van der Waals surface area contributed by atoms with Crippen LogP contribution in [0.3, 0.4) is 0 Å². The molecule has 7 nitrogen and oxygen atoms in total. The van der Waals surface area contributed by atoms with Gasteiger partial charge in [-0.3, -0.25) is 14.4 Å². The van der Waals surface area contributed by atoms with Crippen molar-refractivity contribution in [1.29, 1.82) is 0 Å². The van der Waals surface area contributed by atoms with Crippen LogP contribution in [0.25, 0.3) is 0 Å². The van der Waals surface area contributed by atoms with E-state index in [9.17, 15) is 14.4 Å². The van der Waals surface area contributed by atoms with Gasteiger partial charge in [0.1, 0.15) is 6.04 Å². The van der Waals surface area contributed by atoms with Gasteiger partial charge >= 0.3 is 0 Å². The van der Waals surface area contributed by atoms with Gasteiger partial charge in [0.25, 0.3) is 5.91 Å². The zero-order chi connectivity index (χ0) is 22.0. The van der Waals surface area contributed by atoms with Crippen molar-refractivity contribution in [2.75, 3.05) is 32.5 Å². The number of amides is 3. The number of anilines is 1. The van der Waals surface area contributed by atoms with Crippen LogP contribution in [0, 0.1) is 0 Å². The summed E-state index contributed by atoms with van der Waals surface area (Å²) in [6, 6.07) is 14.4. The molecule has 7 heteroatoms. The van der Waals surface area contributed by atoms with E-state index >= 15 is 0 Å². The maximum absolute atomic E-state index is 12.9. The molecule has 31 heavy (non-hydrogen) atoms. The highest BCUT2D eigenvalue weighted by molar-refractivity contribution is 6.05. The molecule has 0 saturated heterocycles. The molecule has 1 aliphatic carbocycles. The number of hydrogen-bond acceptors (Lipinski definition) is 4. The van der Waals surface area contributed by atoms with E-state index in [2.05, 4.69) is 15.5 Å². The molecule has 4 rings (SSSR count). The number of nitrogens with zero attached hydrogens (tertiary/aromatic N) is 2. The van der Waals surface area contributed by atoms with E-state index < -0.39 is 6.04 Å². The molecule has 0 spiro atoms. The predicted octanol–water partition coefficient (Wildman–Crippen LogP) is 2.20. The SMILES string of the molecule is CN(C)CCc1ccc(NC(=O)CNC(=O)C2c3ccccc3C(=O)N2C2CC2)cc1. The number of rotatable bonds is 8. The van der Waals surface area contributed by atoms with Gasteiger partial charge in [0, 0.05) is 23.8 Å². The van der Waals surface area contributed by atoms with E-state index in [1.165, 1.54) is 5.56 Å². The molecule has 1 fully saturated rings. The first-order chi connectivity index (χ1) is 14.9. The van der Waals surface area contributed by atoms with Crippen LogP contribution in [0.2, 0.25) is 0 Å². The lowest BCUT2D eigenvalue weighted by Crippen LogP contribution is -2.42. The molecule has 1 saturated carbocycles. The molecular weight excluding hydrogens is 392 g/mol. The minimum Gasteiger partial charge on any atom is -0.345 e. The smallest absolute Gasteiger partial charge is 0.255 e. The number of nitrogens with one attached hydrogen (secondary N) is 2. The van der Waals surface area contributed by atoms with Gasteiger partial charge in [-0.15, -0.1) is 0 Å². The molecule has 0 radical (unpaired) electrons. The summed E-state index contributed by atoms with van der Waals surface area (Å²) in [5.74, 6) is -0.721. The molecule has 3 amide bonds. The fraction of sp³-hybridized carbons (Fsp3) is 0.375. The summed E-state index contributed by atoms with van der Waals surface area (Å²) >= 11 is 0. The van der Waals surface area contributed by atoms with Crippen molar-refractivity contribution in [2.24, 2.45) is 0 Å². The Balaban J connectivity index is 1.34. The summed E-state index contributed by atoms with van der Waals surface area (Å²) in [4.78, 5) is 41.8. The van der Waals surface area contributed by atoms with Crippen LogP contribution >= 0.6 is 0 Å². The maximum Gasteiger partial charge on any atom is 0.255 e. The minimum absolute atomic E-state index is 0.0999. The summed E-state index contributed by atoms with van der Waals surface area (Å²) in [5.41, 5.74) is 3.18. The molecule has 162 valence electrons. The fourth-order valence-electron chi connectivity index (χ4n) is 3.91. The van der Waals surface area contributed by atoms with Crippen molar-refractivity contribution in [3.8, 4) is 0 Å². The van der Waals surface area contributed by atoms with E-state index in [-0.39, 0.29) is 30.3 Å². The molecule has 1 unspecified atom stereocenters. The summed E-state index contributed by atoms with van der Waals surface area (Å²) in [6.07, 6.45) is 2.76. The van der Waals surface area contributed by atoms with Crippen LogP contribution in [0.5, 0.6) is 0 Å². The Kier molecular flexibility index (Phi) is 6.04. The highest BCUT2D eigenvalue weighted by atomic mass is 16.2. The van der Waals surface area contributed by atoms with Crippen molar-refractivity contribution >= 4 is 23.4 Å². The van der Waals surface area contributed by atoms with E-state index in [0.717, 1.165) is 25.8 Å². The zero-order valence-corrected chi connectivity index (χ0v) is 17.9. The molecule has 1 heterocycles. The van der Waals surface area contributed by atoms with Gasteiger partial charge in [-0.2, -0.15) is 0 Å². The van der Waals surface area contributed by atoms with Crippen LogP contribution in [0.4, 0.5) is 5.69 Å². The maximum atomic E-state index is 12.9. The standard InChI is InChI=1S/C24H28N4O3/c1-27(2)14-13-16-7-9-17(10-8-16)26-21(29)15-25-23(30)22-19-5-3-4-6-20(19)24(31)28(22)18-11-12-18/h3-10,18,22H,11-15H2,1-2H3,(H,25,30)(H,26,29). The Labute approximate surface area is 182 Å². The summed E-state index contributed by atoms with van der Waals surface area (Å²) < 4.78 is 0. The summed E-state index contributed by atoms with van der Waals surface area (Å²) in [7, 11) is 4.07. The third-order valence-corrected chi connectivity index (χ3v) is 5.70. The predicted molar refractivity (Wildman–Crippen MR) is 119 cm³/mol. The molecule has 1 aliphatic heterocycles. The normalized spacial score (nSPS) is 17.6. The quantitative estimate of drug-likeness (QED) is 0.686. The van der Waals surface area contributed by atoms with E-state index in [4.69, 9.17) is 0 Å². The summed E-state index contributed by atoms with van der Waals surface area (Å²) in [6.45, 7) is 0.814. The minimum atomic E-state index is -0.667. The molecule has 2 aliphatic rings. The van der Waals surface area contributed by atoms with Gasteiger partial charge in [0.2, 0.25) is 11.8 Å². The molecule has 2 aromatic rings. The molecule has 2 N–H and O–H groups in total. The van der Waals surface area contributed by atoms with Gasteiger partial charge in [-0.05, 0) is 62.7 Å². The van der Waals surface area contributed by atoms with Crippen LogP contribution in [-0.2, 0) is 16.0 Å². The average Bonchev–Trinajstić information content (AvgIpc) is 3.55. The lowest BCUT2D eigenvalue weighted by molar-refractivity contribution is -0.127. The Bertz CT molecular complexity index is 983. The van der Waals surface area contributed by atoms with Crippen molar-refractivity contribution < 1.29 is 14.4 Å². The van der Waals surface area contributed by atoms with Gasteiger partial charge in [0.05, 0.1) is 6.54 Å². The number of fused-ring (bicyclic) bond motifs is 1.